The normalized spacial score (nSPS) is 15.5. The molecule has 3 rings (SSSR count). The molecule has 1 aromatic heterocycles. The molecule has 1 aliphatic heterocycles. The third kappa shape index (κ3) is 4.14. The van der Waals surface area contributed by atoms with E-state index in [0.29, 0.717) is 6.54 Å². The third-order valence-corrected chi connectivity index (χ3v) is 3.78. The number of aryl methyl sites for hydroxylation is 1. The lowest BCUT2D eigenvalue weighted by atomic mass is 10.2. The maximum Gasteiger partial charge on any atom is 0.291 e. The molecule has 1 aromatic carbocycles. The fraction of sp³-hybridized carbons (Fsp3) is 0.438. The largest absolute Gasteiger partial charge is 0.379 e. The van der Waals surface area contributed by atoms with Gasteiger partial charge >= 0.3 is 0 Å². The maximum absolute atomic E-state index is 12.1. The minimum absolute atomic E-state index is 0.188. The molecule has 0 bridgehead atoms. The van der Waals surface area contributed by atoms with Gasteiger partial charge in [-0.05, 0) is 24.6 Å². The van der Waals surface area contributed by atoms with Gasteiger partial charge in [-0.2, -0.15) is 0 Å². The van der Waals surface area contributed by atoms with Gasteiger partial charge in [-0.15, -0.1) is 5.10 Å². The van der Waals surface area contributed by atoms with Crippen molar-refractivity contribution in [2.45, 2.75) is 6.92 Å². The van der Waals surface area contributed by atoms with Crippen molar-refractivity contribution >= 4 is 5.91 Å². The maximum atomic E-state index is 12.1. The first-order valence-corrected chi connectivity index (χ1v) is 7.79. The highest BCUT2D eigenvalue weighted by Gasteiger charge is 2.14. The SMILES string of the molecule is Cc1cccc(-n2cnc(C(=O)NCCN3CCOCC3)n2)c1. The van der Waals surface area contributed by atoms with Crippen LogP contribution in [0.3, 0.4) is 0 Å². The fourth-order valence-corrected chi connectivity index (χ4v) is 2.49. The topological polar surface area (TPSA) is 72.3 Å². The Hall–Kier alpha value is -2.25. The molecule has 122 valence electrons. The average molecular weight is 315 g/mol. The third-order valence-electron chi connectivity index (χ3n) is 3.78. The average Bonchev–Trinajstić information content (AvgIpc) is 3.06. The Kier molecular flexibility index (Phi) is 4.99. The number of rotatable bonds is 5. The van der Waals surface area contributed by atoms with Crippen molar-refractivity contribution in [1.82, 2.24) is 25.0 Å². The second-order valence-electron chi connectivity index (χ2n) is 5.56. The summed E-state index contributed by atoms with van der Waals surface area (Å²) in [4.78, 5) is 18.5. The molecule has 1 amide bonds. The standard InChI is InChI=1S/C16H21N5O2/c1-13-3-2-4-14(11-13)21-12-18-15(19-21)16(22)17-5-6-20-7-9-23-10-8-20/h2-4,11-12H,5-10H2,1H3,(H,17,22). The summed E-state index contributed by atoms with van der Waals surface area (Å²) >= 11 is 0. The second kappa shape index (κ2) is 7.34. The number of amides is 1. The van der Waals surface area contributed by atoms with E-state index in [1.807, 2.05) is 31.2 Å². The van der Waals surface area contributed by atoms with Gasteiger partial charge in [0.25, 0.3) is 5.91 Å². The van der Waals surface area contributed by atoms with Crippen molar-refractivity contribution < 1.29 is 9.53 Å². The molecule has 0 saturated carbocycles. The molecule has 1 fully saturated rings. The molecular weight excluding hydrogens is 294 g/mol. The summed E-state index contributed by atoms with van der Waals surface area (Å²) in [7, 11) is 0. The summed E-state index contributed by atoms with van der Waals surface area (Å²) in [5.74, 6) is -0.0573. The molecule has 0 atom stereocenters. The Labute approximate surface area is 135 Å². The first-order valence-electron chi connectivity index (χ1n) is 7.79. The number of nitrogens with zero attached hydrogens (tertiary/aromatic N) is 4. The number of aromatic nitrogens is 3. The summed E-state index contributed by atoms with van der Waals surface area (Å²) in [6.45, 7) is 6.75. The number of ether oxygens (including phenoxy) is 1. The van der Waals surface area contributed by atoms with E-state index in [-0.39, 0.29) is 11.7 Å². The van der Waals surface area contributed by atoms with E-state index in [9.17, 15) is 4.79 Å². The number of hydrogen-bond acceptors (Lipinski definition) is 5. The molecule has 0 aliphatic carbocycles. The summed E-state index contributed by atoms with van der Waals surface area (Å²) in [6, 6.07) is 7.89. The van der Waals surface area contributed by atoms with Gasteiger partial charge in [-0.1, -0.05) is 12.1 Å². The highest BCUT2D eigenvalue weighted by Crippen LogP contribution is 2.08. The number of benzene rings is 1. The predicted molar refractivity (Wildman–Crippen MR) is 85.7 cm³/mol. The van der Waals surface area contributed by atoms with Crippen LogP contribution in [0.2, 0.25) is 0 Å². The predicted octanol–water partition coefficient (Wildman–Crippen LogP) is 0.638. The van der Waals surface area contributed by atoms with E-state index in [4.69, 9.17) is 4.74 Å². The number of hydrogen-bond donors (Lipinski definition) is 1. The lowest BCUT2D eigenvalue weighted by Crippen LogP contribution is -2.41. The van der Waals surface area contributed by atoms with Crippen molar-refractivity contribution in [1.29, 1.82) is 0 Å². The highest BCUT2D eigenvalue weighted by atomic mass is 16.5. The van der Waals surface area contributed by atoms with Crippen LogP contribution in [0.25, 0.3) is 5.69 Å². The van der Waals surface area contributed by atoms with Gasteiger partial charge in [0, 0.05) is 26.2 Å². The van der Waals surface area contributed by atoms with Crippen LogP contribution < -0.4 is 5.32 Å². The monoisotopic (exact) mass is 315 g/mol. The molecule has 0 spiro atoms. The lowest BCUT2D eigenvalue weighted by Gasteiger charge is -2.26. The van der Waals surface area contributed by atoms with E-state index in [0.717, 1.165) is 44.1 Å². The molecule has 0 radical (unpaired) electrons. The van der Waals surface area contributed by atoms with Crippen molar-refractivity contribution in [3.05, 3.63) is 42.0 Å². The molecular formula is C16H21N5O2. The molecule has 2 heterocycles. The smallest absolute Gasteiger partial charge is 0.291 e. The van der Waals surface area contributed by atoms with Gasteiger partial charge in [-0.3, -0.25) is 9.69 Å². The van der Waals surface area contributed by atoms with Crippen molar-refractivity contribution in [2.75, 3.05) is 39.4 Å². The van der Waals surface area contributed by atoms with E-state index in [1.165, 1.54) is 0 Å². The van der Waals surface area contributed by atoms with E-state index in [1.54, 1.807) is 11.0 Å². The molecule has 2 aromatic rings. The van der Waals surface area contributed by atoms with Crippen LogP contribution in [-0.4, -0.2) is 65.0 Å². The first-order chi connectivity index (χ1) is 11.2. The Balaban J connectivity index is 1.54. The van der Waals surface area contributed by atoms with Crippen LogP contribution in [-0.2, 0) is 4.74 Å². The van der Waals surface area contributed by atoms with Gasteiger partial charge < -0.3 is 10.1 Å². The molecule has 1 saturated heterocycles. The van der Waals surface area contributed by atoms with Crippen LogP contribution in [0.4, 0.5) is 0 Å². The minimum Gasteiger partial charge on any atom is -0.379 e. The van der Waals surface area contributed by atoms with E-state index >= 15 is 0 Å². The highest BCUT2D eigenvalue weighted by molar-refractivity contribution is 5.90. The van der Waals surface area contributed by atoms with Gasteiger partial charge in [0.1, 0.15) is 6.33 Å². The fourth-order valence-electron chi connectivity index (χ4n) is 2.49. The van der Waals surface area contributed by atoms with Crippen LogP contribution in [0.5, 0.6) is 0 Å². The number of carbonyl (C=O) groups is 1. The number of carbonyl (C=O) groups excluding carboxylic acids is 1. The van der Waals surface area contributed by atoms with Gasteiger partial charge in [0.05, 0.1) is 18.9 Å². The lowest BCUT2D eigenvalue weighted by molar-refractivity contribution is 0.0383. The Morgan fingerprint density at radius 2 is 2.17 bits per heavy atom. The minimum atomic E-state index is -0.246. The van der Waals surface area contributed by atoms with E-state index < -0.39 is 0 Å². The van der Waals surface area contributed by atoms with Crippen LogP contribution >= 0.6 is 0 Å². The molecule has 23 heavy (non-hydrogen) atoms. The van der Waals surface area contributed by atoms with E-state index in [2.05, 4.69) is 20.3 Å². The molecule has 0 unspecified atom stereocenters. The number of nitrogens with one attached hydrogen (secondary N) is 1. The van der Waals surface area contributed by atoms with Crippen molar-refractivity contribution in [3.8, 4) is 5.69 Å². The molecule has 1 N–H and O–H groups in total. The van der Waals surface area contributed by atoms with Gasteiger partial charge in [0.15, 0.2) is 0 Å². The number of morpholine rings is 1. The van der Waals surface area contributed by atoms with Crippen molar-refractivity contribution in [3.63, 3.8) is 0 Å². The summed E-state index contributed by atoms with van der Waals surface area (Å²) in [5, 5.41) is 7.11. The molecule has 7 heteroatoms. The Morgan fingerprint density at radius 1 is 1.35 bits per heavy atom. The summed E-state index contributed by atoms with van der Waals surface area (Å²) in [5.41, 5.74) is 2.03. The van der Waals surface area contributed by atoms with Gasteiger partial charge in [0.2, 0.25) is 5.82 Å². The zero-order valence-electron chi connectivity index (χ0n) is 13.2. The summed E-state index contributed by atoms with van der Waals surface area (Å²) in [6.07, 6.45) is 1.56. The Bertz CT molecular complexity index is 664. The zero-order valence-corrected chi connectivity index (χ0v) is 13.2. The zero-order chi connectivity index (χ0) is 16.1. The quantitative estimate of drug-likeness (QED) is 0.876. The first kappa shape index (κ1) is 15.6. The van der Waals surface area contributed by atoms with Gasteiger partial charge in [-0.25, -0.2) is 9.67 Å². The van der Waals surface area contributed by atoms with Crippen LogP contribution in [0.15, 0.2) is 30.6 Å². The molecule has 7 nitrogen and oxygen atoms in total. The van der Waals surface area contributed by atoms with Crippen LogP contribution in [0, 0.1) is 6.92 Å². The van der Waals surface area contributed by atoms with Crippen molar-refractivity contribution in [2.24, 2.45) is 0 Å². The Morgan fingerprint density at radius 3 is 2.96 bits per heavy atom. The van der Waals surface area contributed by atoms with Crippen LogP contribution in [0.1, 0.15) is 16.2 Å². The molecule has 1 aliphatic rings. The second-order valence-corrected chi connectivity index (χ2v) is 5.56. The summed E-state index contributed by atoms with van der Waals surface area (Å²) < 4.78 is 6.91.